The van der Waals surface area contributed by atoms with Gasteiger partial charge in [0.2, 0.25) is 0 Å². The Labute approximate surface area is 132 Å². The smallest absolute Gasteiger partial charge is 0.337 e. The highest BCUT2D eigenvalue weighted by Crippen LogP contribution is 2.29. The zero-order chi connectivity index (χ0) is 15.9. The summed E-state index contributed by atoms with van der Waals surface area (Å²) in [6.45, 7) is 5.27. The highest BCUT2D eigenvalue weighted by Gasteiger charge is 2.22. The quantitative estimate of drug-likeness (QED) is 0.754. The molecular weight excluding hydrogens is 278 g/mol. The summed E-state index contributed by atoms with van der Waals surface area (Å²) in [7, 11) is 1.65. The maximum absolute atomic E-state index is 12.0. The van der Waals surface area contributed by atoms with E-state index in [1.165, 1.54) is 0 Å². The molecule has 4 heteroatoms. The number of methoxy groups -OCH3 is 1. The van der Waals surface area contributed by atoms with Gasteiger partial charge >= 0.3 is 5.97 Å². The van der Waals surface area contributed by atoms with E-state index in [4.69, 9.17) is 9.47 Å². The van der Waals surface area contributed by atoms with E-state index < -0.39 is 0 Å². The minimum Gasteiger partial charge on any atom is -0.497 e. The monoisotopic (exact) mass is 301 g/mol. The number of esters is 1. The summed E-state index contributed by atoms with van der Waals surface area (Å²) >= 11 is 0. The van der Waals surface area contributed by atoms with E-state index in [9.17, 15) is 4.79 Å². The van der Waals surface area contributed by atoms with E-state index in [2.05, 4.69) is 11.8 Å². The second kappa shape index (κ2) is 7.69. The lowest BCUT2D eigenvalue weighted by molar-refractivity contribution is -0.138. The van der Waals surface area contributed by atoms with E-state index in [0.717, 1.165) is 24.3 Å². The molecule has 1 atom stereocenters. The van der Waals surface area contributed by atoms with Crippen LogP contribution < -0.4 is 4.74 Å². The van der Waals surface area contributed by atoms with E-state index >= 15 is 0 Å². The van der Waals surface area contributed by atoms with Crippen LogP contribution in [0.15, 0.2) is 48.2 Å². The molecule has 118 valence electrons. The molecular formula is C18H23NO3. The van der Waals surface area contributed by atoms with Gasteiger partial charge in [0.05, 0.1) is 25.3 Å². The molecule has 0 fully saturated rings. The molecule has 0 saturated heterocycles. The van der Waals surface area contributed by atoms with Gasteiger partial charge in [-0.2, -0.15) is 0 Å². The van der Waals surface area contributed by atoms with Crippen LogP contribution >= 0.6 is 0 Å². The molecule has 0 spiro atoms. The van der Waals surface area contributed by atoms with Gasteiger partial charge in [0.15, 0.2) is 0 Å². The van der Waals surface area contributed by atoms with E-state index in [1.54, 1.807) is 7.11 Å². The normalized spacial score (nSPS) is 17.1. The molecule has 0 aliphatic carbocycles. The summed E-state index contributed by atoms with van der Waals surface area (Å²) in [4.78, 5) is 14.2. The summed E-state index contributed by atoms with van der Waals surface area (Å²) in [6, 6.07) is 7.98. The molecule has 1 unspecified atom stereocenters. The van der Waals surface area contributed by atoms with Crippen LogP contribution in [0.4, 0.5) is 0 Å². The first kappa shape index (κ1) is 16.1. The van der Waals surface area contributed by atoms with Crippen molar-refractivity contribution < 1.29 is 14.3 Å². The number of hydrogen-bond acceptors (Lipinski definition) is 4. The molecule has 0 bridgehead atoms. The Hall–Kier alpha value is -2.23. The van der Waals surface area contributed by atoms with Crippen molar-refractivity contribution in [2.45, 2.75) is 26.3 Å². The maximum Gasteiger partial charge on any atom is 0.337 e. The molecule has 1 heterocycles. The van der Waals surface area contributed by atoms with Crippen molar-refractivity contribution in [1.82, 2.24) is 4.90 Å². The number of rotatable bonds is 6. The van der Waals surface area contributed by atoms with Gasteiger partial charge in [-0.3, -0.25) is 0 Å². The van der Waals surface area contributed by atoms with Gasteiger partial charge in [0, 0.05) is 12.7 Å². The summed E-state index contributed by atoms with van der Waals surface area (Å²) in [5.74, 6) is 0.556. The third-order valence-electron chi connectivity index (χ3n) is 3.59. The van der Waals surface area contributed by atoms with Gasteiger partial charge in [0.1, 0.15) is 5.75 Å². The van der Waals surface area contributed by atoms with E-state index in [-0.39, 0.29) is 12.0 Å². The topological polar surface area (TPSA) is 38.8 Å². The molecule has 22 heavy (non-hydrogen) atoms. The standard InChI is InChI=1S/C18H23NO3/c1-4-11-19-12-10-15(18(20)22-5-2)13-17(19)14-6-8-16(21-3)9-7-14/h6-10,12-13,17H,4-5,11H2,1-3H3. The van der Waals surface area contributed by atoms with Gasteiger partial charge in [-0.1, -0.05) is 19.1 Å². The van der Waals surface area contributed by atoms with Gasteiger partial charge < -0.3 is 14.4 Å². The SMILES string of the molecule is CCCN1C=CC(C(=O)OCC)=CC1c1ccc(OC)cc1. The lowest BCUT2D eigenvalue weighted by Crippen LogP contribution is -2.27. The maximum atomic E-state index is 12.0. The Bertz CT molecular complexity index is 560. The van der Waals surface area contributed by atoms with Crippen molar-refractivity contribution in [2.75, 3.05) is 20.3 Å². The molecule has 4 nitrogen and oxygen atoms in total. The van der Waals surface area contributed by atoms with Crippen LogP contribution in [-0.4, -0.2) is 31.1 Å². The summed E-state index contributed by atoms with van der Waals surface area (Å²) in [6.07, 6.45) is 6.81. The highest BCUT2D eigenvalue weighted by molar-refractivity contribution is 5.92. The van der Waals surface area contributed by atoms with Crippen molar-refractivity contribution >= 4 is 5.97 Å². The second-order valence-corrected chi connectivity index (χ2v) is 5.11. The van der Waals surface area contributed by atoms with Gasteiger partial charge in [0.25, 0.3) is 0 Å². The third-order valence-corrected chi connectivity index (χ3v) is 3.59. The Balaban J connectivity index is 2.28. The van der Waals surface area contributed by atoms with Crippen molar-refractivity contribution in [2.24, 2.45) is 0 Å². The van der Waals surface area contributed by atoms with E-state index in [0.29, 0.717) is 12.2 Å². The van der Waals surface area contributed by atoms with Gasteiger partial charge in [-0.25, -0.2) is 4.79 Å². The molecule has 0 aromatic heterocycles. The van der Waals surface area contributed by atoms with Crippen LogP contribution in [0.2, 0.25) is 0 Å². The van der Waals surface area contributed by atoms with Crippen LogP contribution in [0.3, 0.4) is 0 Å². The van der Waals surface area contributed by atoms with Crippen LogP contribution in [-0.2, 0) is 9.53 Å². The molecule has 0 N–H and O–H groups in total. The van der Waals surface area contributed by atoms with Crippen molar-refractivity contribution in [3.63, 3.8) is 0 Å². The Morgan fingerprint density at radius 2 is 1.95 bits per heavy atom. The lowest BCUT2D eigenvalue weighted by Gasteiger charge is -2.31. The molecule has 0 amide bonds. The van der Waals surface area contributed by atoms with Crippen molar-refractivity contribution in [1.29, 1.82) is 0 Å². The number of ether oxygens (including phenoxy) is 2. The minimum atomic E-state index is -0.270. The molecule has 1 aliphatic rings. The first-order valence-corrected chi connectivity index (χ1v) is 7.66. The zero-order valence-electron chi connectivity index (χ0n) is 13.4. The highest BCUT2D eigenvalue weighted by atomic mass is 16.5. The molecule has 0 saturated carbocycles. The summed E-state index contributed by atoms with van der Waals surface area (Å²) < 4.78 is 10.3. The number of benzene rings is 1. The van der Waals surface area contributed by atoms with Crippen LogP contribution in [0.5, 0.6) is 5.75 Å². The minimum absolute atomic E-state index is 0.0373. The molecule has 0 radical (unpaired) electrons. The lowest BCUT2D eigenvalue weighted by atomic mass is 9.99. The fourth-order valence-electron chi connectivity index (χ4n) is 2.50. The third kappa shape index (κ3) is 3.70. The number of carbonyl (C=O) groups is 1. The molecule has 1 aromatic carbocycles. The summed E-state index contributed by atoms with van der Waals surface area (Å²) in [5.41, 5.74) is 1.73. The van der Waals surface area contributed by atoms with Crippen molar-refractivity contribution in [3.8, 4) is 5.75 Å². The second-order valence-electron chi connectivity index (χ2n) is 5.11. The largest absolute Gasteiger partial charge is 0.497 e. The predicted molar refractivity (Wildman–Crippen MR) is 86.6 cm³/mol. The number of carbonyl (C=O) groups excluding carboxylic acids is 1. The number of hydrogen-bond donors (Lipinski definition) is 0. The van der Waals surface area contributed by atoms with Crippen LogP contribution in [0.25, 0.3) is 0 Å². The van der Waals surface area contributed by atoms with Crippen LogP contribution in [0, 0.1) is 0 Å². The predicted octanol–water partition coefficient (Wildman–Crippen LogP) is 3.47. The van der Waals surface area contributed by atoms with Crippen molar-refractivity contribution in [3.05, 3.63) is 53.8 Å². The Morgan fingerprint density at radius 3 is 2.55 bits per heavy atom. The first-order valence-electron chi connectivity index (χ1n) is 7.66. The average molecular weight is 301 g/mol. The average Bonchev–Trinajstić information content (AvgIpc) is 2.56. The van der Waals surface area contributed by atoms with Gasteiger partial charge in [-0.05, 0) is 43.2 Å². The van der Waals surface area contributed by atoms with E-state index in [1.807, 2.05) is 49.5 Å². The van der Waals surface area contributed by atoms with Gasteiger partial charge in [-0.15, -0.1) is 0 Å². The van der Waals surface area contributed by atoms with Crippen LogP contribution in [0.1, 0.15) is 31.9 Å². The fraction of sp³-hybridized carbons (Fsp3) is 0.389. The number of nitrogens with zero attached hydrogens (tertiary/aromatic N) is 1. The zero-order valence-corrected chi connectivity index (χ0v) is 13.4. The molecule has 1 aliphatic heterocycles. The molecule has 2 rings (SSSR count). The molecule has 1 aromatic rings. The summed E-state index contributed by atoms with van der Waals surface area (Å²) in [5, 5.41) is 0. The Kier molecular flexibility index (Phi) is 5.64. The first-order chi connectivity index (χ1) is 10.7. The fourth-order valence-corrected chi connectivity index (χ4v) is 2.50. The Morgan fingerprint density at radius 1 is 1.23 bits per heavy atom.